The predicted octanol–water partition coefficient (Wildman–Crippen LogP) is 2.33. The molecular formula is C19H16N2O5. The first-order valence-electron chi connectivity index (χ1n) is 7.80. The van der Waals surface area contributed by atoms with E-state index in [4.69, 9.17) is 4.74 Å². The molecule has 0 radical (unpaired) electrons. The number of nitrogens with one attached hydrogen (secondary N) is 2. The van der Waals surface area contributed by atoms with Crippen LogP contribution in [0.3, 0.4) is 0 Å². The maximum atomic E-state index is 12.1. The molecule has 0 aliphatic heterocycles. The van der Waals surface area contributed by atoms with Crippen LogP contribution in [0.2, 0.25) is 0 Å². The summed E-state index contributed by atoms with van der Waals surface area (Å²) < 4.78 is 10.2. The van der Waals surface area contributed by atoms with E-state index in [0.29, 0.717) is 27.8 Å². The Hall–Kier alpha value is -3.61. The molecule has 3 aromatic rings. The number of H-pyrrole nitrogens is 1. The maximum Gasteiger partial charge on any atom is 0.337 e. The Morgan fingerprint density at radius 2 is 1.81 bits per heavy atom. The van der Waals surface area contributed by atoms with Crippen molar-refractivity contribution in [1.29, 1.82) is 0 Å². The second kappa shape index (κ2) is 7.52. The number of methoxy groups -OCH3 is 1. The van der Waals surface area contributed by atoms with Crippen LogP contribution >= 0.6 is 0 Å². The number of aromatic nitrogens is 1. The number of anilines is 1. The molecule has 0 spiro atoms. The molecule has 0 bridgehead atoms. The average Bonchev–Trinajstić information content (AvgIpc) is 2.67. The highest BCUT2D eigenvalue weighted by molar-refractivity contribution is 5.94. The number of ether oxygens (including phenoxy) is 2. The monoisotopic (exact) mass is 352 g/mol. The molecule has 7 nitrogen and oxygen atoms in total. The van der Waals surface area contributed by atoms with Crippen LogP contribution < -0.4 is 15.6 Å². The average molecular weight is 352 g/mol. The van der Waals surface area contributed by atoms with Crippen molar-refractivity contribution >= 4 is 28.3 Å². The molecule has 1 amide bonds. The molecular weight excluding hydrogens is 336 g/mol. The zero-order chi connectivity index (χ0) is 18.5. The number of amides is 1. The van der Waals surface area contributed by atoms with Gasteiger partial charge in [-0.25, -0.2) is 4.79 Å². The van der Waals surface area contributed by atoms with Crippen molar-refractivity contribution in [1.82, 2.24) is 4.98 Å². The van der Waals surface area contributed by atoms with E-state index >= 15 is 0 Å². The van der Waals surface area contributed by atoms with Gasteiger partial charge in [0.1, 0.15) is 5.75 Å². The van der Waals surface area contributed by atoms with Crippen molar-refractivity contribution in [3.05, 3.63) is 70.6 Å². The first-order valence-corrected chi connectivity index (χ1v) is 7.80. The Kier molecular flexibility index (Phi) is 4.98. The number of pyridine rings is 1. The Labute approximate surface area is 148 Å². The van der Waals surface area contributed by atoms with Crippen LogP contribution in [-0.4, -0.2) is 30.6 Å². The Bertz CT molecular complexity index is 1010. The standard InChI is InChI=1S/C19H16N2O5/c1-25-19(24)12-5-7-13(8-6-12)21-17(22)11-26-16-4-2-3-15-14(16)9-10-20-18(15)23/h2-10H,11H2,1H3,(H,20,23)(H,21,22). The quantitative estimate of drug-likeness (QED) is 0.687. The predicted molar refractivity (Wildman–Crippen MR) is 96.5 cm³/mol. The highest BCUT2D eigenvalue weighted by Gasteiger charge is 2.09. The third-order valence-electron chi connectivity index (χ3n) is 3.72. The highest BCUT2D eigenvalue weighted by atomic mass is 16.5. The van der Waals surface area contributed by atoms with E-state index in [1.165, 1.54) is 13.3 Å². The smallest absolute Gasteiger partial charge is 0.337 e. The molecule has 1 heterocycles. The molecule has 1 aromatic heterocycles. The minimum Gasteiger partial charge on any atom is -0.483 e. The summed E-state index contributed by atoms with van der Waals surface area (Å²) >= 11 is 0. The zero-order valence-electron chi connectivity index (χ0n) is 13.9. The minimum absolute atomic E-state index is 0.218. The van der Waals surface area contributed by atoms with Crippen molar-refractivity contribution in [2.24, 2.45) is 0 Å². The summed E-state index contributed by atoms with van der Waals surface area (Å²) in [6.07, 6.45) is 1.53. The first kappa shape index (κ1) is 17.2. The molecule has 3 rings (SSSR count). The van der Waals surface area contributed by atoms with E-state index in [1.54, 1.807) is 48.5 Å². The van der Waals surface area contributed by atoms with Crippen LogP contribution in [-0.2, 0) is 9.53 Å². The maximum absolute atomic E-state index is 12.1. The summed E-state index contributed by atoms with van der Waals surface area (Å²) in [7, 11) is 1.30. The topological polar surface area (TPSA) is 97.5 Å². The number of fused-ring (bicyclic) bond motifs is 1. The second-order valence-corrected chi connectivity index (χ2v) is 5.43. The molecule has 2 N–H and O–H groups in total. The second-order valence-electron chi connectivity index (χ2n) is 5.43. The van der Waals surface area contributed by atoms with E-state index in [1.807, 2.05) is 0 Å². The lowest BCUT2D eigenvalue weighted by Gasteiger charge is -2.10. The van der Waals surface area contributed by atoms with Crippen LogP contribution in [0.15, 0.2) is 59.5 Å². The summed E-state index contributed by atoms with van der Waals surface area (Å²) in [5, 5.41) is 3.79. The van der Waals surface area contributed by atoms with Gasteiger partial charge in [0, 0.05) is 17.3 Å². The number of rotatable bonds is 5. The van der Waals surface area contributed by atoms with Gasteiger partial charge in [-0.15, -0.1) is 0 Å². The summed E-state index contributed by atoms with van der Waals surface area (Å²) in [6, 6.07) is 13.1. The van der Waals surface area contributed by atoms with E-state index in [0.717, 1.165) is 0 Å². The van der Waals surface area contributed by atoms with Crippen LogP contribution in [0, 0.1) is 0 Å². The molecule has 0 fully saturated rings. The molecule has 0 aliphatic rings. The number of carbonyl (C=O) groups is 2. The fraction of sp³-hybridized carbons (Fsp3) is 0.105. The number of benzene rings is 2. The number of aromatic amines is 1. The normalized spacial score (nSPS) is 10.3. The lowest BCUT2D eigenvalue weighted by atomic mass is 10.1. The molecule has 0 aliphatic carbocycles. The van der Waals surface area contributed by atoms with Crippen molar-refractivity contribution in [2.75, 3.05) is 19.0 Å². The molecule has 0 unspecified atom stereocenters. The van der Waals surface area contributed by atoms with Crippen LogP contribution in [0.25, 0.3) is 10.8 Å². The largest absolute Gasteiger partial charge is 0.483 e. The van der Waals surface area contributed by atoms with Gasteiger partial charge in [-0.05, 0) is 42.5 Å². The Balaban J connectivity index is 1.65. The highest BCUT2D eigenvalue weighted by Crippen LogP contribution is 2.22. The van der Waals surface area contributed by atoms with Crippen LogP contribution in [0.1, 0.15) is 10.4 Å². The fourth-order valence-electron chi connectivity index (χ4n) is 2.47. The van der Waals surface area contributed by atoms with Crippen molar-refractivity contribution < 1.29 is 19.1 Å². The van der Waals surface area contributed by atoms with Crippen LogP contribution in [0.5, 0.6) is 5.75 Å². The van der Waals surface area contributed by atoms with Gasteiger partial charge in [0.15, 0.2) is 6.61 Å². The van der Waals surface area contributed by atoms with E-state index in [-0.39, 0.29) is 18.1 Å². The lowest BCUT2D eigenvalue weighted by Crippen LogP contribution is -2.20. The zero-order valence-corrected chi connectivity index (χ0v) is 13.9. The Morgan fingerprint density at radius 1 is 1.04 bits per heavy atom. The van der Waals surface area contributed by atoms with Gasteiger partial charge in [0.05, 0.1) is 18.1 Å². The molecule has 0 saturated carbocycles. The summed E-state index contributed by atoms with van der Waals surface area (Å²) in [5.74, 6) is -0.361. The van der Waals surface area contributed by atoms with Gasteiger partial charge in [-0.1, -0.05) is 6.07 Å². The molecule has 0 saturated heterocycles. The van der Waals surface area contributed by atoms with Gasteiger partial charge in [-0.2, -0.15) is 0 Å². The number of esters is 1. The molecule has 7 heteroatoms. The molecule has 0 atom stereocenters. The molecule has 26 heavy (non-hydrogen) atoms. The fourth-order valence-corrected chi connectivity index (χ4v) is 2.47. The third kappa shape index (κ3) is 3.72. The number of carbonyl (C=O) groups excluding carboxylic acids is 2. The van der Waals surface area contributed by atoms with Gasteiger partial charge in [0.25, 0.3) is 11.5 Å². The summed E-state index contributed by atoms with van der Waals surface area (Å²) in [6.45, 7) is -0.218. The Morgan fingerprint density at radius 3 is 2.54 bits per heavy atom. The minimum atomic E-state index is -0.447. The lowest BCUT2D eigenvalue weighted by molar-refractivity contribution is -0.118. The van der Waals surface area contributed by atoms with Crippen LogP contribution in [0.4, 0.5) is 5.69 Å². The SMILES string of the molecule is COC(=O)c1ccc(NC(=O)COc2cccc3c(=O)[nH]ccc23)cc1. The molecule has 2 aromatic carbocycles. The van der Waals surface area contributed by atoms with E-state index in [9.17, 15) is 14.4 Å². The van der Waals surface area contributed by atoms with Gasteiger partial charge in [0.2, 0.25) is 0 Å². The van der Waals surface area contributed by atoms with Gasteiger partial charge < -0.3 is 19.8 Å². The number of hydrogen-bond donors (Lipinski definition) is 2. The van der Waals surface area contributed by atoms with Crippen molar-refractivity contribution in [2.45, 2.75) is 0 Å². The van der Waals surface area contributed by atoms with E-state index in [2.05, 4.69) is 15.0 Å². The molecule has 132 valence electrons. The van der Waals surface area contributed by atoms with Gasteiger partial charge in [-0.3, -0.25) is 9.59 Å². The summed E-state index contributed by atoms with van der Waals surface area (Å²) in [5.41, 5.74) is 0.700. The van der Waals surface area contributed by atoms with E-state index < -0.39 is 5.97 Å². The number of hydrogen-bond acceptors (Lipinski definition) is 5. The van der Waals surface area contributed by atoms with Crippen molar-refractivity contribution in [3.63, 3.8) is 0 Å². The summed E-state index contributed by atoms with van der Waals surface area (Å²) in [4.78, 5) is 37.8. The first-order chi connectivity index (χ1) is 12.6. The van der Waals surface area contributed by atoms with Crippen molar-refractivity contribution in [3.8, 4) is 5.75 Å². The van der Waals surface area contributed by atoms with Gasteiger partial charge >= 0.3 is 5.97 Å². The third-order valence-corrected chi connectivity index (χ3v) is 3.72.